The molecule has 0 unspecified atom stereocenters. The number of thiocarbonyl (C=S) groups is 1. The molecule has 4 rings (SSSR count). The summed E-state index contributed by atoms with van der Waals surface area (Å²) in [6.45, 7) is 0.221. The molecule has 0 aliphatic carbocycles. The van der Waals surface area contributed by atoms with Crippen molar-refractivity contribution in [2.45, 2.75) is 0 Å². The summed E-state index contributed by atoms with van der Waals surface area (Å²) in [4.78, 5) is 14.1. The smallest absolute Gasteiger partial charge is 0.281 e. The number of carbonyl (C=O) groups is 1. The van der Waals surface area contributed by atoms with Gasteiger partial charge in [0.25, 0.3) is 5.91 Å². The predicted molar refractivity (Wildman–Crippen MR) is 90.2 cm³/mol. The van der Waals surface area contributed by atoms with Gasteiger partial charge in [-0.05, 0) is 48.1 Å². The standard InChI is InChI=1S/C17H12N2O3S/c20-16-13(8-11-6-7-14-15(9-11)22-10-21-14)18-17(23)19(16)12-4-2-1-3-5-12/h1-9H,10H2,(H,18,23). The molecule has 0 atom stereocenters. The first kappa shape index (κ1) is 13.8. The number of nitrogens with zero attached hydrogens (tertiary/aromatic N) is 1. The third kappa shape index (κ3) is 2.43. The summed E-state index contributed by atoms with van der Waals surface area (Å²) in [5, 5.41) is 3.33. The first-order valence-electron chi connectivity index (χ1n) is 7.04. The Morgan fingerprint density at radius 3 is 2.70 bits per heavy atom. The summed E-state index contributed by atoms with van der Waals surface area (Å²) in [5.41, 5.74) is 2.00. The molecule has 2 aliphatic heterocycles. The Bertz CT molecular complexity index is 833. The Morgan fingerprint density at radius 2 is 1.87 bits per heavy atom. The number of anilines is 1. The fourth-order valence-electron chi connectivity index (χ4n) is 2.52. The average molecular weight is 324 g/mol. The minimum absolute atomic E-state index is 0.182. The largest absolute Gasteiger partial charge is 0.454 e. The fraction of sp³-hybridized carbons (Fsp3) is 0.0588. The maximum absolute atomic E-state index is 12.6. The molecule has 0 radical (unpaired) electrons. The molecule has 1 N–H and O–H groups in total. The number of amides is 1. The van der Waals surface area contributed by atoms with E-state index < -0.39 is 0 Å². The minimum Gasteiger partial charge on any atom is -0.454 e. The van der Waals surface area contributed by atoms with Crippen molar-refractivity contribution in [3.8, 4) is 11.5 Å². The molecule has 2 aromatic rings. The van der Waals surface area contributed by atoms with E-state index in [-0.39, 0.29) is 12.7 Å². The van der Waals surface area contributed by atoms with Crippen LogP contribution >= 0.6 is 12.2 Å². The summed E-state index contributed by atoms with van der Waals surface area (Å²) >= 11 is 5.28. The molecular weight excluding hydrogens is 312 g/mol. The van der Waals surface area contributed by atoms with Gasteiger partial charge in [0.05, 0.1) is 5.69 Å². The van der Waals surface area contributed by atoms with Crippen LogP contribution < -0.4 is 19.7 Å². The van der Waals surface area contributed by atoms with Crippen LogP contribution in [-0.4, -0.2) is 17.8 Å². The molecule has 23 heavy (non-hydrogen) atoms. The molecule has 0 aromatic heterocycles. The second-order valence-electron chi connectivity index (χ2n) is 5.08. The third-order valence-electron chi connectivity index (χ3n) is 3.60. The molecule has 1 saturated heterocycles. The van der Waals surface area contributed by atoms with Crippen LogP contribution in [0.25, 0.3) is 6.08 Å². The van der Waals surface area contributed by atoms with Gasteiger partial charge in [0.1, 0.15) is 5.70 Å². The van der Waals surface area contributed by atoms with Gasteiger partial charge in [-0.25, -0.2) is 0 Å². The van der Waals surface area contributed by atoms with E-state index in [4.69, 9.17) is 21.7 Å². The van der Waals surface area contributed by atoms with Crippen molar-refractivity contribution in [1.82, 2.24) is 5.32 Å². The maximum Gasteiger partial charge on any atom is 0.281 e. The lowest BCUT2D eigenvalue weighted by Crippen LogP contribution is -2.30. The number of hydrogen-bond acceptors (Lipinski definition) is 4. The number of benzene rings is 2. The van der Waals surface area contributed by atoms with E-state index in [2.05, 4.69) is 5.32 Å². The normalized spacial score (nSPS) is 17.7. The lowest BCUT2D eigenvalue weighted by atomic mass is 10.1. The molecule has 0 saturated carbocycles. The second kappa shape index (κ2) is 5.40. The van der Waals surface area contributed by atoms with Gasteiger partial charge in [-0.2, -0.15) is 0 Å². The summed E-state index contributed by atoms with van der Waals surface area (Å²) in [6.07, 6.45) is 1.75. The Morgan fingerprint density at radius 1 is 1.09 bits per heavy atom. The van der Waals surface area contributed by atoms with Gasteiger partial charge in [0.15, 0.2) is 16.6 Å². The van der Waals surface area contributed by atoms with Crippen LogP contribution in [0, 0.1) is 0 Å². The van der Waals surface area contributed by atoms with Crippen LogP contribution in [0.5, 0.6) is 11.5 Å². The monoisotopic (exact) mass is 324 g/mol. The first-order chi connectivity index (χ1) is 11.2. The van der Waals surface area contributed by atoms with Crippen LogP contribution in [-0.2, 0) is 4.79 Å². The van der Waals surface area contributed by atoms with Crippen molar-refractivity contribution >= 4 is 35.0 Å². The molecule has 5 nitrogen and oxygen atoms in total. The van der Waals surface area contributed by atoms with E-state index in [0.717, 1.165) is 11.3 Å². The summed E-state index contributed by atoms with van der Waals surface area (Å²) < 4.78 is 10.6. The van der Waals surface area contributed by atoms with E-state index in [0.29, 0.717) is 22.3 Å². The average Bonchev–Trinajstić information content (AvgIpc) is 3.13. The van der Waals surface area contributed by atoms with Gasteiger partial charge in [0, 0.05) is 0 Å². The highest BCUT2D eigenvalue weighted by atomic mass is 32.1. The Kier molecular flexibility index (Phi) is 3.24. The maximum atomic E-state index is 12.6. The molecule has 2 aromatic carbocycles. The highest BCUT2D eigenvalue weighted by Crippen LogP contribution is 2.33. The van der Waals surface area contributed by atoms with Crippen molar-refractivity contribution in [2.24, 2.45) is 0 Å². The Balaban J connectivity index is 1.65. The van der Waals surface area contributed by atoms with Gasteiger partial charge < -0.3 is 14.8 Å². The summed E-state index contributed by atoms with van der Waals surface area (Å²) in [6, 6.07) is 14.8. The van der Waals surface area contributed by atoms with Gasteiger partial charge in [0.2, 0.25) is 6.79 Å². The quantitative estimate of drug-likeness (QED) is 0.680. The van der Waals surface area contributed by atoms with Crippen molar-refractivity contribution in [3.63, 3.8) is 0 Å². The van der Waals surface area contributed by atoms with Crippen molar-refractivity contribution < 1.29 is 14.3 Å². The molecule has 0 spiro atoms. The molecule has 6 heteroatoms. The number of carbonyl (C=O) groups excluding carboxylic acids is 1. The zero-order chi connectivity index (χ0) is 15.8. The van der Waals surface area contributed by atoms with E-state index >= 15 is 0 Å². The zero-order valence-electron chi connectivity index (χ0n) is 12.0. The summed E-state index contributed by atoms with van der Waals surface area (Å²) in [5.74, 6) is 1.20. The molecular formula is C17H12N2O3S. The molecule has 1 amide bonds. The SMILES string of the molecule is O=C1C(=Cc2ccc3c(c2)OCO3)NC(=S)N1c1ccccc1. The van der Waals surface area contributed by atoms with Crippen molar-refractivity contribution in [1.29, 1.82) is 0 Å². The van der Waals surface area contributed by atoms with E-state index in [1.807, 2.05) is 48.5 Å². The van der Waals surface area contributed by atoms with Crippen LogP contribution in [0.15, 0.2) is 54.2 Å². The topological polar surface area (TPSA) is 50.8 Å². The van der Waals surface area contributed by atoms with Crippen LogP contribution in [0.2, 0.25) is 0 Å². The highest BCUT2D eigenvalue weighted by Gasteiger charge is 2.31. The number of hydrogen-bond donors (Lipinski definition) is 1. The molecule has 2 heterocycles. The number of ether oxygens (including phenoxy) is 2. The lowest BCUT2D eigenvalue weighted by molar-refractivity contribution is -0.113. The highest BCUT2D eigenvalue weighted by molar-refractivity contribution is 7.80. The minimum atomic E-state index is -0.182. The number of rotatable bonds is 2. The van der Waals surface area contributed by atoms with Crippen molar-refractivity contribution in [2.75, 3.05) is 11.7 Å². The number of nitrogens with one attached hydrogen (secondary N) is 1. The van der Waals surface area contributed by atoms with Crippen LogP contribution in [0.3, 0.4) is 0 Å². The van der Waals surface area contributed by atoms with Gasteiger partial charge >= 0.3 is 0 Å². The Labute approximate surface area is 138 Å². The number of para-hydroxylation sites is 1. The fourth-order valence-corrected chi connectivity index (χ4v) is 2.81. The van der Waals surface area contributed by atoms with Gasteiger partial charge in [-0.15, -0.1) is 0 Å². The van der Waals surface area contributed by atoms with E-state index in [1.165, 1.54) is 4.90 Å². The van der Waals surface area contributed by atoms with Gasteiger partial charge in [-0.3, -0.25) is 9.69 Å². The Hall–Kier alpha value is -2.86. The molecule has 2 aliphatic rings. The second-order valence-corrected chi connectivity index (χ2v) is 5.46. The first-order valence-corrected chi connectivity index (χ1v) is 7.45. The van der Waals surface area contributed by atoms with Gasteiger partial charge in [-0.1, -0.05) is 24.3 Å². The van der Waals surface area contributed by atoms with Crippen LogP contribution in [0.1, 0.15) is 5.56 Å². The van der Waals surface area contributed by atoms with Crippen LogP contribution in [0.4, 0.5) is 5.69 Å². The third-order valence-corrected chi connectivity index (χ3v) is 3.88. The molecule has 0 bridgehead atoms. The van der Waals surface area contributed by atoms with Crippen molar-refractivity contribution in [3.05, 3.63) is 59.8 Å². The lowest BCUT2D eigenvalue weighted by Gasteiger charge is -2.13. The molecule has 1 fully saturated rings. The van der Waals surface area contributed by atoms with E-state index in [1.54, 1.807) is 6.08 Å². The zero-order valence-corrected chi connectivity index (χ0v) is 12.8. The van der Waals surface area contributed by atoms with E-state index in [9.17, 15) is 4.79 Å². The molecule has 114 valence electrons. The predicted octanol–water partition coefficient (Wildman–Crippen LogP) is 2.68. The number of fused-ring (bicyclic) bond motifs is 1. The summed E-state index contributed by atoms with van der Waals surface area (Å²) in [7, 11) is 0.